The van der Waals surface area contributed by atoms with E-state index in [0.717, 1.165) is 26.2 Å². The summed E-state index contributed by atoms with van der Waals surface area (Å²) in [5.74, 6) is 0. The molecule has 2 saturated heterocycles. The first-order valence-corrected chi connectivity index (χ1v) is 9.91. The van der Waals surface area contributed by atoms with Crippen molar-refractivity contribution < 1.29 is 4.74 Å². The van der Waals surface area contributed by atoms with Crippen molar-refractivity contribution in [3.05, 3.63) is 21.9 Å². The van der Waals surface area contributed by atoms with Crippen LogP contribution in [0.25, 0.3) is 0 Å². The average molecular weight is 321 g/mol. The standard InChI is InChI=1S/C18H28N2OS/c1-2-6-18-17(5-1)20(9-10-21-18)13-16-11-15(14-22-16)12-19-7-3-4-8-19/h11,14,17-18H,1-10,12-13H2/t17-,18-/m1/s1. The molecule has 0 radical (unpaired) electrons. The van der Waals surface area contributed by atoms with Crippen molar-refractivity contribution in [2.24, 2.45) is 0 Å². The summed E-state index contributed by atoms with van der Waals surface area (Å²) in [7, 11) is 0. The van der Waals surface area contributed by atoms with E-state index in [1.165, 1.54) is 57.2 Å². The number of rotatable bonds is 4. The van der Waals surface area contributed by atoms with Gasteiger partial charge in [0.15, 0.2) is 0 Å². The van der Waals surface area contributed by atoms with Gasteiger partial charge in [0.1, 0.15) is 0 Å². The molecule has 0 amide bonds. The second-order valence-electron chi connectivity index (χ2n) is 7.14. The van der Waals surface area contributed by atoms with Crippen molar-refractivity contribution in [2.75, 3.05) is 26.2 Å². The first-order valence-electron chi connectivity index (χ1n) is 9.03. The van der Waals surface area contributed by atoms with Crippen LogP contribution in [0, 0.1) is 0 Å². The molecule has 3 fully saturated rings. The van der Waals surface area contributed by atoms with Gasteiger partial charge in [-0.15, -0.1) is 11.3 Å². The lowest BCUT2D eigenvalue weighted by Gasteiger charge is -2.43. The summed E-state index contributed by atoms with van der Waals surface area (Å²) >= 11 is 1.96. The van der Waals surface area contributed by atoms with E-state index in [-0.39, 0.29) is 0 Å². The topological polar surface area (TPSA) is 15.7 Å². The third kappa shape index (κ3) is 3.40. The van der Waals surface area contributed by atoms with Crippen LogP contribution in [0.15, 0.2) is 11.4 Å². The molecule has 1 aliphatic carbocycles. The molecule has 0 unspecified atom stereocenters. The van der Waals surface area contributed by atoms with Gasteiger partial charge in [-0.25, -0.2) is 0 Å². The molecule has 0 aromatic carbocycles. The number of likely N-dealkylation sites (tertiary alicyclic amines) is 1. The Hall–Kier alpha value is -0.420. The van der Waals surface area contributed by atoms with E-state index in [0.29, 0.717) is 12.1 Å². The van der Waals surface area contributed by atoms with E-state index >= 15 is 0 Å². The second-order valence-corrected chi connectivity index (χ2v) is 8.13. The van der Waals surface area contributed by atoms with Crippen molar-refractivity contribution in [3.63, 3.8) is 0 Å². The molecule has 3 nitrogen and oxygen atoms in total. The predicted octanol–water partition coefficient (Wildman–Crippen LogP) is 3.49. The molecule has 22 heavy (non-hydrogen) atoms. The lowest BCUT2D eigenvalue weighted by Crippen LogP contribution is -2.51. The molecule has 2 atom stereocenters. The van der Waals surface area contributed by atoms with Gasteiger partial charge in [-0.2, -0.15) is 0 Å². The van der Waals surface area contributed by atoms with E-state index in [2.05, 4.69) is 21.2 Å². The highest BCUT2D eigenvalue weighted by molar-refractivity contribution is 7.10. The van der Waals surface area contributed by atoms with Crippen LogP contribution in [-0.2, 0) is 17.8 Å². The molecule has 3 aliphatic rings. The number of ether oxygens (including phenoxy) is 1. The van der Waals surface area contributed by atoms with Gasteiger partial charge in [-0.05, 0) is 55.8 Å². The first-order chi connectivity index (χ1) is 10.9. The van der Waals surface area contributed by atoms with Crippen molar-refractivity contribution in [3.8, 4) is 0 Å². The van der Waals surface area contributed by atoms with Crippen LogP contribution in [0.5, 0.6) is 0 Å². The molecule has 0 N–H and O–H groups in total. The van der Waals surface area contributed by atoms with Gasteiger partial charge < -0.3 is 4.74 Å². The first kappa shape index (κ1) is 15.1. The second kappa shape index (κ2) is 7.00. The number of fused-ring (bicyclic) bond motifs is 1. The minimum Gasteiger partial charge on any atom is -0.375 e. The van der Waals surface area contributed by atoms with Gasteiger partial charge >= 0.3 is 0 Å². The molecule has 0 spiro atoms. The van der Waals surface area contributed by atoms with E-state index < -0.39 is 0 Å². The minimum absolute atomic E-state index is 0.506. The van der Waals surface area contributed by atoms with Crippen molar-refractivity contribution in [2.45, 2.75) is 63.8 Å². The molecule has 122 valence electrons. The van der Waals surface area contributed by atoms with Crippen LogP contribution in [0.4, 0.5) is 0 Å². The van der Waals surface area contributed by atoms with Crippen LogP contribution in [0.1, 0.15) is 49.0 Å². The Morgan fingerprint density at radius 1 is 1.05 bits per heavy atom. The number of hydrogen-bond donors (Lipinski definition) is 0. The molecule has 3 heterocycles. The van der Waals surface area contributed by atoms with Crippen LogP contribution < -0.4 is 0 Å². The minimum atomic E-state index is 0.506. The highest BCUT2D eigenvalue weighted by atomic mass is 32.1. The fourth-order valence-corrected chi connectivity index (χ4v) is 5.27. The highest BCUT2D eigenvalue weighted by Gasteiger charge is 2.34. The monoisotopic (exact) mass is 320 g/mol. The van der Waals surface area contributed by atoms with Crippen LogP contribution in [-0.4, -0.2) is 48.2 Å². The van der Waals surface area contributed by atoms with Crippen LogP contribution in [0.3, 0.4) is 0 Å². The third-order valence-corrected chi connectivity index (χ3v) is 6.49. The van der Waals surface area contributed by atoms with Gasteiger partial charge in [0.05, 0.1) is 12.7 Å². The maximum atomic E-state index is 6.00. The van der Waals surface area contributed by atoms with Crippen molar-refractivity contribution in [1.29, 1.82) is 0 Å². The van der Waals surface area contributed by atoms with Crippen LogP contribution >= 0.6 is 11.3 Å². The summed E-state index contributed by atoms with van der Waals surface area (Å²) in [6, 6.07) is 3.13. The highest BCUT2D eigenvalue weighted by Crippen LogP contribution is 2.30. The van der Waals surface area contributed by atoms with Gasteiger partial charge in [0.25, 0.3) is 0 Å². The normalized spacial score (nSPS) is 30.5. The molecular weight excluding hydrogens is 292 g/mol. The zero-order chi connectivity index (χ0) is 14.8. The molecule has 1 saturated carbocycles. The molecule has 1 aromatic rings. The largest absolute Gasteiger partial charge is 0.375 e. The van der Waals surface area contributed by atoms with E-state index in [1.807, 2.05) is 11.3 Å². The molecule has 4 rings (SSSR count). The molecule has 4 heteroatoms. The Bertz CT molecular complexity index is 481. The summed E-state index contributed by atoms with van der Waals surface area (Å²) in [5.41, 5.74) is 1.52. The lowest BCUT2D eigenvalue weighted by atomic mass is 9.90. The van der Waals surface area contributed by atoms with Gasteiger partial charge in [-0.3, -0.25) is 9.80 Å². The smallest absolute Gasteiger partial charge is 0.0731 e. The molecule has 1 aromatic heterocycles. The zero-order valence-electron chi connectivity index (χ0n) is 13.5. The van der Waals surface area contributed by atoms with Crippen molar-refractivity contribution in [1.82, 2.24) is 9.80 Å². The van der Waals surface area contributed by atoms with E-state index in [4.69, 9.17) is 4.74 Å². The third-order valence-electron chi connectivity index (χ3n) is 5.52. The van der Waals surface area contributed by atoms with E-state index in [9.17, 15) is 0 Å². The Morgan fingerprint density at radius 3 is 2.82 bits per heavy atom. The fourth-order valence-electron chi connectivity index (χ4n) is 4.36. The summed E-state index contributed by atoms with van der Waals surface area (Å²) < 4.78 is 6.00. The lowest BCUT2D eigenvalue weighted by molar-refractivity contribution is -0.0908. The maximum Gasteiger partial charge on any atom is 0.0731 e. The fraction of sp³-hybridized carbons (Fsp3) is 0.778. The molecular formula is C18H28N2OS. The number of morpholine rings is 1. The SMILES string of the molecule is c1sc(CN2CCO[C@@H]3CCCC[C@H]32)cc1CN1CCCC1. The van der Waals surface area contributed by atoms with Gasteiger partial charge in [-0.1, -0.05) is 12.8 Å². The Labute approximate surface area is 138 Å². The molecule has 2 aliphatic heterocycles. The van der Waals surface area contributed by atoms with Crippen molar-refractivity contribution >= 4 is 11.3 Å². The summed E-state index contributed by atoms with van der Waals surface area (Å²) in [5, 5.41) is 2.38. The molecule has 0 bridgehead atoms. The van der Waals surface area contributed by atoms with Crippen LogP contribution in [0.2, 0.25) is 0 Å². The number of thiophene rings is 1. The zero-order valence-corrected chi connectivity index (χ0v) is 14.3. The predicted molar refractivity (Wildman–Crippen MR) is 91.2 cm³/mol. The number of nitrogens with zero attached hydrogens (tertiary/aromatic N) is 2. The van der Waals surface area contributed by atoms with E-state index in [1.54, 1.807) is 4.88 Å². The number of hydrogen-bond acceptors (Lipinski definition) is 4. The quantitative estimate of drug-likeness (QED) is 0.844. The van der Waals surface area contributed by atoms with Gasteiger partial charge in [0.2, 0.25) is 0 Å². The maximum absolute atomic E-state index is 6.00. The summed E-state index contributed by atoms with van der Waals surface area (Å²) in [6.45, 7) is 6.91. The summed E-state index contributed by atoms with van der Waals surface area (Å²) in [4.78, 5) is 6.83. The summed E-state index contributed by atoms with van der Waals surface area (Å²) in [6.07, 6.45) is 8.61. The Balaban J connectivity index is 1.36. The Kier molecular flexibility index (Phi) is 4.81. The Morgan fingerprint density at radius 2 is 1.91 bits per heavy atom. The van der Waals surface area contributed by atoms with Gasteiger partial charge in [0, 0.05) is 30.6 Å². The average Bonchev–Trinajstić information content (AvgIpc) is 3.20.